The number of benzene rings is 4. The van der Waals surface area contributed by atoms with E-state index in [1.54, 1.807) is 0 Å². The van der Waals surface area contributed by atoms with Gasteiger partial charge in [-0.15, -0.1) is 0 Å². The molecule has 4 aromatic rings. The van der Waals surface area contributed by atoms with Crippen LogP contribution in [0.2, 0.25) is 0 Å². The maximum Gasteiger partial charge on any atom is 0.495 e. The van der Waals surface area contributed by atoms with Gasteiger partial charge in [0.25, 0.3) is 0 Å². The summed E-state index contributed by atoms with van der Waals surface area (Å²) in [5, 5.41) is 0. The second-order valence-electron chi connectivity index (χ2n) is 18.3. The topological polar surface area (TPSA) is 46.2 Å². The van der Waals surface area contributed by atoms with Crippen LogP contribution in [0, 0.1) is 5.41 Å². The molecule has 3 aliphatic heterocycles. The Kier molecular flexibility index (Phi) is 11.4. The van der Waals surface area contributed by atoms with E-state index in [0.717, 1.165) is 45.2 Å². The van der Waals surface area contributed by atoms with Crippen LogP contribution in [0.25, 0.3) is 22.6 Å². The zero-order valence-corrected chi connectivity index (χ0v) is 35.1. The quantitative estimate of drug-likeness (QED) is 0.140. The van der Waals surface area contributed by atoms with E-state index in [1.807, 2.05) is 42.5 Å². The van der Waals surface area contributed by atoms with Crippen LogP contribution in [-0.4, -0.2) is 48.3 Å². The van der Waals surface area contributed by atoms with E-state index in [-0.39, 0.29) is 35.4 Å². The SMILES string of the molecule is CC1(C)CC(/C(=C(\B2OC(C)(C)C(C)(C)O2)c2ccccc2)c2ccccc2)OC1(C)C.CC1(C)OB(/C(=C/c2ccccc2)c2ccccc2)OC1(C)C. The van der Waals surface area contributed by atoms with Gasteiger partial charge in [-0.2, -0.15) is 0 Å². The molecule has 0 bridgehead atoms. The second-order valence-corrected chi connectivity index (χ2v) is 18.3. The molecule has 0 saturated carbocycles. The highest BCUT2D eigenvalue weighted by atomic mass is 16.7. The maximum atomic E-state index is 6.78. The van der Waals surface area contributed by atoms with E-state index in [1.165, 1.54) is 0 Å². The lowest BCUT2D eigenvalue weighted by molar-refractivity contribution is -0.0351. The third kappa shape index (κ3) is 8.52. The largest absolute Gasteiger partial charge is 0.495 e. The Hall–Kier alpha value is -3.71. The minimum absolute atomic E-state index is 0.0371. The maximum absolute atomic E-state index is 6.78. The summed E-state index contributed by atoms with van der Waals surface area (Å²) in [6.45, 7) is 25.8. The average Bonchev–Trinajstić information content (AvgIpc) is 3.59. The first-order chi connectivity index (χ1) is 25.7. The predicted octanol–water partition coefficient (Wildman–Crippen LogP) is 11.7. The molecule has 3 saturated heterocycles. The molecule has 0 spiro atoms. The molecule has 55 heavy (non-hydrogen) atoms. The fraction of sp³-hybridized carbons (Fsp3) is 0.417. The smallest absolute Gasteiger partial charge is 0.399 e. The van der Waals surface area contributed by atoms with E-state index < -0.39 is 18.3 Å². The van der Waals surface area contributed by atoms with Gasteiger partial charge in [0.1, 0.15) is 0 Å². The van der Waals surface area contributed by atoms with Crippen LogP contribution in [0.1, 0.15) is 112 Å². The van der Waals surface area contributed by atoms with E-state index in [0.29, 0.717) is 0 Å². The molecule has 3 heterocycles. The summed E-state index contributed by atoms with van der Waals surface area (Å²) in [5.74, 6) is 0. The lowest BCUT2D eigenvalue weighted by atomic mass is 9.67. The van der Waals surface area contributed by atoms with Crippen LogP contribution in [0.5, 0.6) is 0 Å². The zero-order chi connectivity index (χ0) is 39.9. The Morgan fingerprint density at radius 1 is 0.473 bits per heavy atom. The van der Waals surface area contributed by atoms with Crippen molar-refractivity contribution in [3.63, 3.8) is 0 Å². The molecule has 3 fully saturated rings. The molecular weight excluding hydrogens is 678 g/mol. The van der Waals surface area contributed by atoms with Crippen molar-refractivity contribution in [1.82, 2.24) is 0 Å². The summed E-state index contributed by atoms with van der Waals surface area (Å²) in [7, 11) is -0.851. The molecule has 0 aliphatic carbocycles. The number of rotatable bonds is 7. The molecule has 0 amide bonds. The number of ether oxygens (including phenoxy) is 1. The average molecular weight is 739 g/mol. The normalized spacial score (nSPS) is 23.5. The molecule has 1 unspecified atom stereocenters. The Balaban J connectivity index is 0.000000197. The molecule has 7 rings (SSSR count). The van der Waals surface area contributed by atoms with Gasteiger partial charge in [0.2, 0.25) is 0 Å². The first-order valence-corrected chi connectivity index (χ1v) is 19.8. The lowest BCUT2D eigenvalue weighted by Crippen LogP contribution is -2.41. The molecule has 4 aromatic carbocycles. The van der Waals surface area contributed by atoms with Crippen molar-refractivity contribution in [2.75, 3.05) is 0 Å². The highest BCUT2D eigenvalue weighted by molar-refractivity contribution is 6.71. The van der Waals surface area contributed by atoms with Gasteiger partial charge in [0.15, 0.2) is 0 Å². The van der Waals surface area contributed by atoms with Crippen LogP contribution >= 0.6 is 0 Å². The Bertz CT molecular complexity index is 1840. The standard InChI is InChI=1S/C28H37BO3.C20H23BO2/c1-25(2)19-22(30-26(25,3)4)23(20-15-11-9-12-16-20)24(21-17-13-10-14-18-21)29-31-27(5,6)28(7,8)32-29;1-19(2)20(3,4)23-21(22-19)18(17-13-9-6-10-14-17)15-16-11-7-5-8-12-16/h9-18,22H,19H2,1-8H3;5-15H,1-4H3/b24-23-;18-15+. The van der Waals surface area contributed by atoms with Crippen molar-refractivity contribution in [2.45, 2.75) is 124 Å². The Morgan fingerprint density at radius 3 is 1.27 bits per heavy atom. The fourth-order valence-electron chi connectivity index (χ4n) is 7.17. The molecule has 0 radical (unpaired) electrons. The monoisotopic (exact) mass is 738 g/mol. The van der Waals surface area contributed by atoms with Gasteiger partial charge in [-0.3, -0.25) is 0 Å². The van der Waals surface area contributed by atoms with Gasteiger partial charge < -0.3 is 23.4 Å². The summed E-state index contributed by atoms with van der Waals surface area (Å²) in [6.07, 6.45) is 3.02. The summed E-state index contributed by atoms with van der Waals surface area (Å²) < 4.78 is 32.5. The predicted molar refractivity (Wildman–Crippen MR) is 230 cm³/mol. The summed E-state index contributed by atoms with van der Waals surface area (Å²) in [5.41, 5.74) is 6.06. The zero-order valence-electron chi connectivity index (χ0n) is 35.1. The molecule has 0 aromatic heterocycles. The minimum Gasteiger partial charge on any atom is -0.399 e. The first kappa shape index (κ1) is 40.9. The number of hydrogen-bond donors (Lipinski definition) is 0. The van der Waals surface area contributed by atoms with Crippen molar-refractivity contribution in [3.8, 4) is 0 Å². The van der Waals surface area contributed by atoms with E-state index in [9.17, 15) is 0 Å². The van der Waals surface area contributed by atoms with Crippen molar-refractivity contribution in [1.29, 1.82) is 0 Å². The van der Waals surface area contributed by atoms with Gasteiger partial charge in [0.05, 0.1) is 34.1 Å². The minimum atomic E-state index is -0.479. The Labute approximate surface area is 331 Å². The van der Waals surface area contributed by atoms with Crippen molar-refractivity contribution < 1.29 is 23.4 Å². The molecule has 7 heteroatoms. The highest BCUT2D eigenvalue weighted by Gasteiger charge is 2.56. The van der Waals surface area contributed by atoms with Crippen molar-refractivity contribution >= 4 is 36.8 Å². The van der Waals surface area contributed by atoms with Gasteiger partial charge >= 0.3 is 14.2 Å². The fourth-order valence-corrected chi connectivity index (χ4v) is 7.17. The molecule has 3 aliphatic rings. The van der Waals surface area contributed by atoms with Gasteiger partial charge in [-0.05, 0) is 120 Å². The molecular formula is C48H60B2O5. The first-order valence-electron chi connectivity index (χ1n) is 19.8. The summed E-state index contributed by atoms with van der Waals surface area (Å²) in [6, 6.07) is 41.7. The molecule has 1 atom stereocenters. The Morgan fingerprint density at radius 2 is 0.855 bits per heavy atom. The molecule has 0 N–H and O–H groups in total. The molecule has 5 nitrogen and oxygen atoms in total. The summed E-state index contributed by atoms with van der Waals surface area (Å²) in [4.78, 5) is 0. The van der Waals surface area contributed by atoms with Crippen LogP contribution < -0.4 is 0 Å². The number of hydrogen-bond acceptors (Lipinski definition) is 5. The second kappa shape index (κ2) is 15.3. The van der Waals surface area contributed by atoms with Crippen LogP contribution in [0.15, 0.2) is 121 Å². The van der Waals surface area contributed by atoms with Gasteiger partial charge in [0, 0.05) is 0 Å². The lowest BCUT2D eigenvalue weighted by Gasteiger charge is -2.32. The van der Waals surface area contributed by atoms with Crippen molar-refractivity contribution in [2.24, 2.45) is 5.41 Å². The van der Waals surface area contributed by atoms with Gasteiger partial charge in [-0.1, -0.05) is 141 Å². The van der Waals surface area contributed by atoms with E-state index in [2.05, 4.69) is 168 Å². The van der Waals surface area contributed by atoms with Crippen LogP contribution in [0.4, 0.5) is 0 Å². The molecule has 288 valence electrons. The van der Waals surface area contributed by atoms with E-state index >= 15 is 0 Å². The van der Waals surface area contributed by atoms with Gasteiger partial charge in [-0.25, -0.2) is 0 Å². The van der Waals surface area contributed by atoms with E-state index in [4.69, 9.17) is 23.4 Å². The third-order valence-corrected chi connectivity index (χ3v) is 12.8. The third-order valence-electron chi connectivity index (χ3n) is 12.8. The van der Waals surface area contributed by atoms with Crippen molar-refractivity contribution in [3.05, 3.63) is 144 Å². The summed E-state index contributed by atoms with van der Waals surface area (Å²) >= 11 is 0. The van der Waals surface area contributed by atoms with Crippen LogP contribution in [-0.2, 0) is 23.4 Å². The highest BCUT2D eigenvalue weighted by Crippen LogP contribution is 2.52. The van der Waals surface area contributed by atoms with Crippen LogP contribution in [0.3, 0.4) is 0 Å².